The van der Waals surface area contributed by atoms with Crippen molar-refractivity contribution in [2.24, 2.45) is 5.73 Å². The summed E-state index contributed by atoms with van der Waals surface area (Å²) in [6.45, 7) is 0.807. The van der Waals surface area contributed by atoms with Gasteiger partial charge in [-0.05, 0) is 23.3 Å². The van der Waals surface area contributed by atoms with Crippen LogP contribution in [0.25, 0.3) is 0 Å². The number of hydrogen-bond donors (Lipinski definition) is 2. The molecule has 0 heterocycles. The summed E-state index contributed by atoms with van der Waals surface area (Å²) in [5.74, 6) is 0.0355. The van der Waals surface area contributed by atoms with Crippen molar-refractivity contribution >= 4 is 23.9 Å². The van der Waals surface area contributed by atoms with E-state index in [1.165, 1.54) is 12.1 Å². The van der Waals surface area contributed by atoms with Crippen LogP contribution in [0.4, 0.5) is 5.69 Å². The molecule has 0 saturated carbocycles. The van der Waals surface area contributed by atoms with Crippen LogP contribution in [0.5, 0.6) is 0 Å². The number of nitro groups is 1. The minimum absolute atomic E-state index is 0. The summed E-state index contributed by atoms with van der Waals surface area (Å²) in [5, 5.41) is 17.8. The summed E-state index contributed by atoms with van der Waals surface area (Å²) < 4.78 is 5.55. The maximum Gasteiger partial charge on any atom is 0.269 e. The van der Waals surface area contributed by atoms with Gasteiger partial charge in [0.15, 0.2) is 0 Å². The fourth-order valence-corrected chi connectivity index (χ4v) is 1.78. The van der Waals surface area contributed by atoms with E-state index in [2.05, 4.69) is 0 Å². The topological polar surface area (TPSA) is 102 Å². The Morgan fingerprint density at radius 3 is 1.91 bits per heavy atom. The zero-order valence-corrected chi connectivity index (χ0v) is 12.5. The van der Waals surface area contributed by atoms with Gasteiger partial charge in [0.25, 0.3) is 5.69 Å². The Morgan fingerprint density at radius 2 is 1.50 bits per heavy atom. The maximum atomic E-state index is 10.5. The van der Waals surface area contributed by atoms with E-state index in [0.29, 0.717) is 18.8 Å². The largest absolute Gasteiger partial charge is 0.384 e. The Hall–Kier alpha value is -2.44. The predicted octanol–water partition coefficient (Wildman–Crippen LogP) is 3.02. The third kappa shape index (κ3) is 4.83. The van der Waals surface area contributed by atoms with E-state index < -0.39 is 4.92 Å². The minimum Gasteiger partial charge on any atom is -0.384 e. The Labute approximate surface area is 134 Å². The molecular formula is C15H16ClN3O3. The van der Waals surface area contributed by atoms with Gasteiger partial charge in [0.05, 0.1) is 18.1 Å². The van der Waals surface area contributed by atoms with Gasteiger partial charge in [-0.1, -0.05) is 24.3 Å². The van der Waals surface area contributed by atoms with Crippen LogP contribution in [0.3, 0.4) is 0 Å². The normalized spacial score (nSPS) is 9.82. The summed E-state index contributed by atoms with van der Waals surface area (Å²) in [6, 6.07) is 13.5. The fraction of sp³-hybridized carbons (Fsp3) is 0.133. The van der Waals surface area contributed by atoms with Gasteiger partial charge in [0, 0.05) is 17.7 Å². The number of rotatable bonds is 6. The zero-order valence-electron chi connectivity index (χ0n) is 11.7. The first kappa shape index (κ1) is 17.6. The number of hydrogen-bond acceptors (Lipinski definition) is 4. The number of amidine groups is 1. The van der Waals surface area contributed by atoms with Crippen molar-refractivity contribution in [1.82, 2.24) is 0 Å². The molecule has 0 atom stereocenters. The Morgan fingerprint density at radius 1 is 1.05 bits per heavy atom. The molecule has 0 amide bonds. The molecule has 0 aliphatic rings. The van der Waals surface area contributed by atoms with E-state index in [1.54, 1.807) is 24.3 Å². The van der Waals surface area contributed by atoms with Crippen molar-refractivity contribution < 1.29 is 9.66 Å². The molecular weight excluding hydrogens is 306 g/mol. The number of nitro benzene ring substituents is 1. The second-order valence-corrected chi connectivity index (χ2v) is 4.53. The lowest BCUT2D eigenvalue weighted by molar-refractivity contribution is -0.384. The smallest absolute Gasteiger partial charge is 0.269 e. The van der Waals surface area contributed by atoms with E-state index in [4.69, 9.17) is 15.9 Å². The number of halogens is 1. The van der Waals surface area contributed by atoms with Crippen LogP contribution in [0.15, 0.2) is 48.5 Å². The molecule has 0 aliphatic carbocycles. The molecule has 0 unspecified atom stereocenters. The summed E-state index contributed by atoms with van der Waals surface area (Å²) in [5.41, 5.74) is 7.97. The molecule has 2 aromatic carbocycles. The number of non-ortho nitro benzene ring substituents is 1. The Bertz CT molecular complexity index is 585. The molecule has 2 rings (SSSR count). The number of nitrogens with two attached hydrogens (primary N) is 1. The van der Waals surface area contributed by atoms with Gasteiger partial charge in [-0.15, -0.1) is 12.4 Å². The highest BCUT2D eigenvalue weighted by atomic mass is 35.5. The maximum absolute atomic E-state index is 10.5. The number of benzene rings is 2. The third-order valence-corrected chi connectivity index (χ3v) is 2.95. The van der Waals surface area contributed by atoms with E-state index in [0.717, 1.165) is 11.1 Å². The van der Waals surface area contributed by atoms with Gasteiger partial charge in [-0.3, -0.25) is 15.5 Å². The monoisotopic (exact) mass is 321 g/mol. The van der Waals surface area contributed by atoms with Crippen LogP contribution in [0.2, 0.25) is 0 Å². The quantitative estimate of drug-likeness (QED) is 0.369. The molecule has 116 valence electrons. The van der Waals surface area contributed by atoms with Crippen molar-refractivity contribution in [3.8, 4) is 0 Å². The van der Waals surface area contributed by atoms with Crippen molar-refractivity contribution in [3.05, 3.63) is 75.3 Å². The highest BCUT2D eigenvalue weighted by Gasteiger charge is 2.04. The summed E-state index contributed by atoms with van der Waals surface area (Å²) in [7, 11) is 0. The first-order valence-corrected chi connectivity index (χ1v) is 6.30. The Balaban J connectivity index is 0.00000242. The molecule has 22 heavy (non-hydrogen) atoms. The number of nitrogens with zero attached hydrogens (tertiary/aromatic N) is 1. The lowest BCUT2D eigenvalue weighted by atomic mass is 10.1. The number of nitrogens with one attached hydrogen (secondary N) is 1. The molecule has 0 saturated heterocycles. The summed E-state index contributed by atoms with van der Waals surface area (Å²) >= 11 is 0. The highest BCUT2D eigenvalue weighted by molar-refractivity contribution is 5.94. The Kier molecular flexibility index (Phi) is 6.49. The first-order valence-electron chi connectivity index (χ1n) is 6.30. The standard InChI is InChI=1S/C15H15N3O3.ClH/c16-15(17)13-5-1-11(2-6-13)9-21-10-12-3-7-14(8-4-12)18(19)20;/h1-8H,9-10H2,(H3,16,17);1H. The van der Waals surface area contributed by atoms with Crippen LogP contribution in [-0.4, -0.2) is 10.8 Å². The average Bonchev–Trinajstić information content (AvgIpc) is 2.48. The van der Waals surface area contributed by atoms with Gasteiger partial charge in [0.1, 0.15) is 5.84 Å². The lowest BCUT2D eigenvalue weighted by Crippen LogP contribution is -2.10. The molecule has 7 heteroatoms. The van der Waals surface area contributed by atoms with Crippen molar-refractivity contribution in [2.75, 3.05) is 0 Å². The van der Waals surface area contributed by atoms with E-state index >= 15 is 0 Å². The minimum atomic E-state index is -0.429. The molecule has 2 aromatic rings. The molecule has 0 bridgehead atoms. The summed E-state index contributed by atoms with van der Waals surface area (Å²) in [6.07, 6.45) is 0. The van der Waals surface area contributed by atoms with Crippen molar-refractivity contribution in [3.63, 3.8) is 0 Å². The fourth-order valence-electron chi connectivity index (χ4n) is 1.78. The van der Waals surface area contributed by atoms with Gasteiger partial charge >= 0.3 is 0 Å². The molecule has 0 radical (unpaired) electrons. The van der Waals surface area contributed by atoms with Gasteiger partial charge < -0.3 is 10.5 Å². The van der Waals surface area contributed by atoms with Crippen LogP contribution >= 0.6 is 12.4 Å². The molecule has 6 nitrogen and oxygen atoms in total. The summed E-state index contributed by atoms with van der Waals surface area (Å²) in [4.78, 5) is 10.1. The van der Waals surface area contributed by atoms with E-state index in [1.807, 2.05) is 12.1 Å². The van der Waals surface area contributed by atoms with Crippen molar-refractivity contribution in [1.29, 1.82) is 5.41 Å². The molecule has 0 aromatic heterocycles. The van der Waals surface area contributed by atoms with Crippen LogP contribution in [0.1, 0.15) is 16.7 Å². The van der Waals surface area contributed by atoms with Crippen LogP contribution in [0, 0.1) is 15.5 Å². The van der Waals surface area contributed by atoms with Crippen LogP contribution in [-0.2, 0) is 18.0 Å². The first-order chi connectivity index (χ1) is 10.1. The van der Waals surface area contributed by atoms with Gasteiger partial charge in [-0.2, -0.15) is 0 Å². The molecule has 0 spiro atoms. The van der Waals surface area contributed by atoms with Crippen molar-refractivity contribution in [2.45, 2.75) is 13.2 Å². The molecule has 0 aliphatic heterocycles. The van der Waals surface area contributed by atoms with Gasteiger partial charge in [0.2, 0.25) is 0 Å². The highest BCUT2D eigenvalue weighted by Crippen LogP contribution is 2.13. The van der Waals surface area contributed by atoms with Gasteiger partial charge in [-0.25, -0.2) is 0 Å². The lowest BCUT2D eigenvalue weighted by Gasteiger charge is -2.05. The predicted molar refractivity (Wildman–Crippen MR) is 86.3 cm³/mol. The van der Waals surface area contributed by atoms with Crippen LogP contribution < -0.4 is 5.73 Å². The molecule has 0 fully saturated rings. The van der Waals surface area contributed by atoms with E-state index in [9.17, 15) is 10.1 Å². The average molecular weight is 322 g/mol. The van der Waals surface area contributed by atoms with E-state index in [-0.39, 0.29) is 23.9 Å². The SMILES string of the molecule is Cl.N=C(N)c1ccc(COCc2ccc([N+](=O)[O-])cc2)cc1. The second-order valence-electron chi connectivity index (χ2n) is 4.53. The zero-order chi connectivity index (χ0) is 15.2. The number of ether oxygens (including phenoxy) is 1. The number of nitrogen functional groups attached to an aromatic ring is 1. The second kappa shape index (κ2) is 8.11. The molecule has 3 N–H and O–H groups in total. The third-order valence-electron chi connectivity index (χ3n) is 2.95.